The Hall–Kier alpha value is -0.520. The summed E-state index contributed by atoms with van der Waals surface area (Å²) in [5.74, 6) is 0.872. The van der Waals surface area contributed by atoms with Crippen molar-refractivity contribution in [3.05, 3.63) is 28.7 Å². The molecule has 19 heavy (non-hydrogen) atoms. The van der Waals surface area contributed by atoms with Crippen LogP contribution < -0.4 is 11.1 Å². The highest BCUT2D eigenvalue weighted by molar-refractivity contribution is 9.10. The van der Waals surface area contributed by atoms with Crippen LogP contribution >= 0.6 is 27.7 Å². The molecule has 1 unspecified atom stereocenters. The minimum atomic E-state index is -0.549. The number of likely N-dealkylation sites (N-methyl/N-ethyl adjacent to an activating group) is 1. The van der Waals surface area contributed by atoms with Gasteiger partial charge in [0.2, 0.25) is 5.91 Å². The molecule has 1 fully saturated rings. The number of hydrogen-bond donors (Lipinski definition) is 2. The maximum absolute atomic E-state index is 11.9. The number of amides is 1. The van der Waals surface area contributed by atoms with Gasteiger partial charge in [-0.3, -0.25) is 4.79 Å². The summed E-state index contributed by atoms with van der Waals surface area (Å²) in [6.07, 6.45) is 2.19. The molecule has 0 aliphatic heterocycles. The molecular formula is C14H19BrN2OS. The summed E-state index contributed by atoms with van der Waals surface area (Å²) in [6.45, 7) is 2.78. The lowest BCUT2D eigenvalue weighted by molar-refractivity contribution is -0.124. The van der Waals surface area contributed by atoms with Crippen LogP contribution in [0.4, 0.5) is 0 Å². The lowest BCUT2D eigenvalue weighted by atomic mass is 9.94. The second kappa shape index (κ2) is 6.29. The topological polar surface area (TPSA) is 55.1 Å². The van der Waals surface area contributed by atoms with Gasteiger partial charge in [0.25, 0.3) is 0 Å². The molecule has 1 aliphatic rings. The summed E-state index contributed by atoms with van der Waals surface area (Å²) >= 11 is 5.11. The highest BCUT2D eigenvalue weighted by Gasteiger charge is 2.49. The molecule has 5 heteroatoms. The minimum Gasteiger partial charge on any atom is -0.368 e. The Morgan fingerprint density at radius 3 is 2.58 bits per heavy atom. The fourth-order valence-electron chi connectivity index (χ4n) is 2.29. The zero-order chi connectivity index (χ0) is 13.9. The fourth-order valence-corrected chi connectivity index (χ4v) is 3.76. The first-order valence-corrected chi connectivity index (χ1v) is 8.29. The van der Waals surface area contributed by atoms with Gasteiger partial charge in [-0.1, -0.05) is 22.9 Å². The highest BCUT2D eigenvalue weighted by Crippen LogP contribution is 2.42. The van der Waals surface area contributed by atoms with Crippen molar-refractivity contribution in [2.45, 2.75) is 30.2 Å². The van der Waals surface area contributed by atoms with Gasteiger partial charge in [0.1, 0.15) is 5.54 Å². The standard InChI is InChI=1S/C14H19BrN2OS/c1-2-17-14(13(16)18,10-3-4-10)9-19-12-7-5-11(15)6-8-12/h5-8,10,17H,2-4,9H2,1H3,(H2,16,18). The van der Waals surface area contributed by atoms with Crippen LogP contribution in [0.5, 0.6) is 0 Å². The number of carbonyl (C=O) groups is 1. The smallest absolute Gasteiger partial charge is 0.238 e. The molecule has 0 bridgehead atoms. The van der Waals surface area contributed by atoms with Gasteiger partial charge in [0.05, 0.1) is 0 Å². The molecule has 0 spiro atoms. The van der Waals surface area contributed by atoms with E-state index in [2.05, 4.69) is 33.4 Å². The summed E-state index contributed by atoms with van der Waals surface area (Å²) < 4.78 is 1.06. The zero-order valence-corrected chi connectivity index (χ0v) is 13.4. The van der Waals surface area contributed by atoms with E-state index in [-0.39, 0.29) is 5.91 Å². The van der Waals surface area contributed by atoms with Crippen LogP contribution in [0, 0.1) is 5.92 Å². The first-order valence-electron chi connectivity index (χ1n) is 6.52. The van der Waals surface area contributed by atoms with Crippen molar-refractivity contribution in [2.75, 3.05) is 12.3 Å². The van der Waals surface area contributed by atoms with E-state index in [1.165, 1.54) is 0 Å². The van der Waals surface area contributed by atoms with Crippen LogP contribution in [-0.4, -0.2) is 23.7 Å². The van der Waals surface area contributed by atoms with Crippen molar-refractivity contribution in [2.24, 2.45) is 11.7 Å². The van der Waals surface area contributed by atoms with Gasteiger partial charge in [-0.15, -0.1) is 11.8 Å². The molecule has 3 N–H and O–H groups in total. The van der Waals surface area contributed by atoms with Gasteiger partial charge in [-0.05, 0) is 49.6 Å². The van der Waals surface area contributed by atoms with E-state index in [0.717, 1.165) is 28.8 Å². The van der Waals surface area contributed by atoms with Gasteiger partial charge in [-0.25, -0.2) is 0 Å². The molecule has 3 nitrogen and oxygen atoms in total. The van der Waals surface area contributed by atoms with Crippen LogP contribution in [0.25, 0.3) is 0 Å². The third kappa shape index (κ3) is 3.52. The second-order valence-corrected chi connectivity index (χ2v) is 6.85. The molecule has 1 aliphatic carbocycles. The molecule has 1 aromatic rings. The van der Waals surface area contributed by atoms with E-state index >= 15 is 0 Å². The monoisotopic (exact) mass is 342 g/mol. The first-order chi connectivity index (χ1) is 9.08. The van der Waals surface area contributed by atoms with E-state index in [1.807, 2.05) is 19.1 Å². The summed E-state index contributed by atoms with van der Waals surface area (Å²) in [7, 11) is 0. The van der Waals surface area contributed by atoms with Crippen LogP contribution in [0.3, 0.4) is 0 Å². The number of rotatable bonds is 7. The SMILES string of the molecule is CCNC(CSc1ccc(Br)cc1)(C(N)=O)C1CC1. The molecule has 1 saturated carbocycles. The number of nitrogens with two attached hydrogens (primary N) is 1. The van der Waals surface area contributed by atoms with Crippen LogP contribution in [0.2, 0.25) is 0 Å². The average Bonchev–Trinajstić information content (AvgIpc) is 3.20. The van der Waals surface area contributed by atoms with Crippen molar-refractivity contribution in [1.29, 1.82) is 0 Å². The third-order valence-electron chi connectivity index (χ3n) is 3.49. The number of primary amides is 1. The maximum Gasteiger partial charge on any atom is 0.238 e. The molecule has 0 radical (unpaired) electrons. The quantitative estimate of drug-likeness (QED) is 0.749. The molecule has 104 valence electrons. The Labute approximate surface area is 126 Å². The second-order valence-electron chi connectivity index (χ2n) is 4.88. The average molecular weight is 343 g/mol. The van der Waals surface area contributed by atoms with Crippen molar-refractivity contribution >= 4 is 33.6 Å². The maximum atomic E-state index is 11.9. The number of carbonyl (C=O) groups excluding carboxylic acids is 1. The minimum absolute atomic E-state index is 0.221. The number of halogens is 1. The van der Waals surface area contributed by atoms with Crippen LogP contribution in [-0.2, 0) is 4.79 Å². The van der Waals surface area contributed by atoms with E-state index < -0.39 is 5.54 Å². The van der Waals surface area contributed by atoms with Crippen molar-refractivity contribution < 1.29 is 4.79 Å². The van der Waals surface area contributed by atoms with Crippen molar-refractivity contribution in [3.63, 3.8) is 0 Å². The van der Waals surface area contributed by atoms with Crippen LogP contribution in [0.15, 0.2) is 33.6 Å². The number of nitrogens with one attached hydrogen (secondary N) is 1. The normalized spacial score (nSPS) is 18.0. The Balaban J connectivity index is 2.07. The molecule has 1 atom stereocenters. The fraction of sp³-hybridized carbons (Fsp3) is 0.500. The lowest BCUT2D eigenvalue weighted by Gasteiger charge is -2.31. The van der Waals surface area contributed by atoms with Crippen molar-refractivity contribution in [3.8, 4) is 0 Å². The molecule has 1 amide bonds. The molecule has 0 aromatic heterocycles. The van der Waals surface area contributed by atoms with E-state index in [1.54, 1.807) is 11.8 Å². The number of thioether (sulfide) groups is 1. The van der Waals surface area contributed by atoms with E-state index in [4.69, 9.17) is 5.73 Å². The summed E-state index contributed by atoms with van der Waals surface area (Å²) in [5.41, 5.74) is 5.12. The van der Waals surface area contributed by atoms with E-state index in [9.17, 15) is 4.79 Å². The predicted octanol–water partition coefficient (Wildman–Crippen LogP) is 2.78. The summed E-state index contributed by atoms with van der Waals surface area (Å²) in [4.78, 5) is 13.1. The molecule has 0 heterocycles. The first kappa shape index (κ1) is 14.9. The van der Waals surface area contributed by atoms with Crippen molar-refractivity contribution in [1.82, 2.24) is 5.32 Å². The highest BCUT2D eigenvalue weighted by atomic mass is 79.9. The summed E-state index contributed by atoms with van der Waals surface area (Å²) in [5, 5.41) is 3.33. The van der Waals surface area contributed by atoms with Gasteiger partial charge >= 0.3 is 0 Å². The van der Waals surface area contributed by atoms with Gasteiger partial charge in [-0.2, -0.15) is 0 Å². The molecule has 1 aromatic carbocycles. The predicted molar refractivity (Wildman–Crippen MR) is 83.2 cm³/mol. The number of hydrogen-bond acceptors (Lipinski definition) is 3. The van der Waals surface area contributed by atoms with Gasteiger partial charge < -0.3 is 11.1 Å². The Kier molecular flexibility index (Phi) is 4.92. The Morgan fingerprint density at radius 1 is 1.47 bits per heavy atom. The van der Waals surface area contributed by atoms with Gasteiger partial charge in [0, 0.05) is 15.1 Å². The largest absolute Gasteiger partial charge is 0.368 e. The lowest BCUT2D eigenvalue weighted by Crippen LogP contribution is -2.59. The van der Waals surface area contributed by atoms with Crippen LogP contribution in [0.1, 0.15) is 19.8 Å². The Morgan fingerprint density at radius 2 is 2.11 bits per heavy atom. The molecule has 2 rings (SSSR count). The number of benzene rings is 1. The zero-order valence-electron chi connectivity index (χ0n) is 11.0. The third-order valence-corrected chi connectivity index (χ3v) is 5.22. The molecule has 0 saturated heterocycles. The molecular weight excluding hydrogens is 324 g/mol. The van der Waals surface area contributed by atoms with Gasteiger partial charge in [0.15, 0.2) is 0 Å². The Bertz CT molecular complexity index is 447. The summed E-state index contributed by atoms with van der Waals surface area (Å²) in [6, 6.07) is 8.13. The van der Waals surface area contributed by atoms with E-state index in [0.29, 0.717) is 11.7 Å².